The van der Waals surface area contributed by atoms with Gasteiger partial charge in [0.1, 0.15) is 0 Å². The van der Waals surface area contributed by atoms with Crippen molar-refractivity contribution in [3.8, 4) is 0 Å². The number of nitrogens with one attached hydrogen (secondary N) is 1. The van der Waals surface area contributed by atoms with Crippen molar-refractivity contribution in [1.82, 2.24) is 5.32 Å². The monoisotopic (exact) mass is 320 g/mol. The van der Waals surface area contributed by atoms with Crippen LogP contribution in [0.2, 0.25) is 0 Å². The summed E-state index contributed by atoms with van der Waals surface area (Å²) >= 11 is 0. The van der Waals surface area contributed by atoms with Gasteiger partial charge < -0.3 is 19.2 Å². The van der Waals surface area contributed by atoms with Gasteiger partial charge in [0.2, 0.25) is 0 Å². The van der Waals surface area contributed by atoms with Gasteiger partial charge in [-0.05, 0) is 13.3 Å². The maximum Gasteiger partial charge on any atom is 0.00131 e. The topological polar surface area (TPSA) is 12.0 Å². The Hall–Kier alpha value is 1.22. The van der Waals surface area contributed by atoms with Crippen molar-refractivity contribution in [3.63, 3.8) is 0 Å². The summed E-state index contributed by atoms with van der Waals surface area (Å²) in [7, 11) is 0. The molecule has 0 aromatic heterocycles. The summed E-state index contributed by atoms with van der Waals surface area (Å²) in [6, 6.07) is 1.19. The molecule has 2 heteroatoms. The van der Waals surface area contributed by atoms with E-state index in [-0.39, 0.29) is 37.7 Å². The molecule has 1 aliphatic rings. The molecule has 1 saturated heterocycles. The Labute approximate surface area is 108 Å². The van der Waals surface area contributed by atoms with Gasteiger partial charge in [0, 0.05) is 43.8 Å². The summed E-state index contributed by atoms with van der Waals surface area (Å²) in [5.74, 6) is 0. The quantitative estimate of drug-likeness (QED) is 0.534. The van der Waals surface area contributed by atoms with Crippen molar-refractivity contribution in [3.05, 3.63) is 13.8 Å². The molecule has 0 bridgehead atoms. The molecule has 1 nitrogen and oxygen atoms in total. The Morgan fingerprint density at radius 3 is 2.25 bits per heavy atom. The van der Waals surface area contributed by atoms with Crippen LogP contribution >= 0.6 is 0 Å². The summed E-state index contributed by atoms with van der Waals surface area (Å²) < 4.78 is 0. The molecule has 1 rings (SSSR count). The summed E-state index contributed by atoms with van der Waals surface area (Å²) in [6.07, 6.45) is 5.31. The predicted octanol–water partition coefficient (Wildman–Crippen LogP) is 2.58. The minimum atomic E-state index is 0. The van der Waals surface area contributed by atoms with Crippen LogP contribution in [-0.2, 0) is 0 Å². The summed E-state index contributed by atoms with van der Waals surface area (Å²) in [6.45, 7) is 11.2. The molecule has 0 aromatic rings. The van der Waals surface area contributed by atoms with E-state index in [2.05, 4.69) is 26.1 Å². The molecule has 0 saturated carbocycles. The molecular weight excluding hydrogens is 299 g/mol. The van der Waals surface area contributed by atoms with Crippen molar-refractivity contribution in [2.45, 2.75) is 51.6 Å². The first-order chi connectivity index (χ1) is 5.29. The van der Waals surface area contributed by atoms with Crippen molar-refractivity contribution in [1.29, 1.82) is 0 Å². The van der Waals surface area contributed by atoms with E-state index in [0.717, 1.165) is 0 Å². The van der Waals surface area contributed by atoms with Crippen LogP contribution in [0.1, 0.15) is 39.5 Å². The third-order valence-electron chi connectivity index (χ3n) is 1.96. The Morgan fingerprint density at radius 2 is 1.67 bits per heavy atom. The zero-order valence-corrected chi connectivity index (χ0v) is 10.1. The summed E-state index contributed by atoms with van der Waals surface area (Å²) in [5.41, 5.74) is 0. The minimum Gasteiger partial charge on any atom is -0.346 e. The van der Waals surface area contributed by atoms with Gasteiger partial charge in [0.25, 0.3) is 0 Å². The molecule has 1 aliphatic heterocycles. The van der Waals surface area contributed by atoms with Crippen molar-refractivity contribution >= 4 is 0 Å². The van der Waals surface area contributed by atoms with Crippen LogP contribution in [0.3, 0.4) is 0 Å². The zero-order valence-electron chi connectivity index (χ0n) is 8.20. The van der Waals surface area contributed by atoms with Crippen LogP contribution < -0.4 is 5.32 Å². The molecule has 1 radical (unpaired) electrons. The maximum atomic E-state index is 4.00. The number of hydrogen-bond acceptors (Lipinski definition) is 1. The smallest absolute Gasteiger partial charge is 0.00131 e. The van der Waals surface area contributed by atoms with Gasteiger partial charge in [-0.2, -0.15) is 6.92 Å². The molecule has 0 aliphatic carbocycles. The fourth-order valence-electron chi connectivity index (χ4n) is 1.41. The van der Waals surface area contributed by atoms with Gasteiger partial charge in [0.15, 0.2) is 0 Å². The van der Waals surface area contributed by atoms with Gasteiger partial charge in [0.05, 0.1) is 0 Å². The number of rotatable bonds is 0. The predicted molar refractivity (Wildman–Crippen MR) is 51.2 cm³/mol. The second-order valence-electron chi connectivity index (χ2n) is 3.05. The zero-order chi connectivity index (χ0) is 8.69. The number of hydrogen-bond donors (Lipinski definition) is 1. The van der Waals surface area contributed by atoms with Gasteiger partial charge >= 0.3 is 0 Å². The van der Waals surface area contributed by atoms with Crippen LogP contribution in [-0.4, -0.2) is 12.1 Å². The largest absolute Gasteiger partial charge is 0.346 e. The van der Waals surface area contributed by atoms with E-state index in [0.29, 0.717) is 12.1 Å². The summed E-state index contributed by atoms with van der Waals surface area (Å²) in [4.78, 5) is 0. The third-order valence-corrected chi connectivity index (χ3v) is 1.96. The Balaban J connectivity index is 0. The van der Waals surface area contributed by atoms with E-state index in [4.69, 9.17) is 0 Å². The van der Waals surface area contributed by atoms with E-state index in [1.54, 1.807) is 6.92 Å². The van der Waals surface area contributed by atoms with Crippen LogP contribution in [0.15, 0.2) is 0 Å². The van der Waals surface area contributed by atoms with Crippen molar-refractivity contribution in [2.75, 3.05) is 0 Å². The molecule has 12 heavy (non-hydrogen) atoms. The fourth-order valence-corrected chi connectivity index (χ4v) is 1.41. The van der Waals surface area contributed by atoms with Gasteiger partial charge in [-0.1, -0.05) is 19.3 Å². The molecule has 0 aromatic carbocycles. The first-order valence-electron chi connectivity index (χ1n) is 4.59. The molecule has 1 fully saturated rings. The van der Waals surface area contributed by atoms with Gasteiger partial charge in [-0.3, -0.25) is 0 Å². The van der Waals surface area contributed by atoms with Gasteiger partial charge in [-0.25, -0.2) is 0 Å². The van der Waals surface area contributed by atoms with Crippen molar-refractivity contribution in [2.24, 2.45) is 0 Å². The van der Waals surface area contributed by atoms with Gasteiger partial charge in [-0.15, -0.1) is 6.04 Å². The first-order valence-corrected chi connectivity index (χ1v) is 4.59. The van der Waals surface area contributed by atoms with E-state index in [1.807, 2.05) is 0 Å². The summed E-state index contributed by atoms with van der Waals surface area (Å²) in [5, 5.41) is 3.43. The molecule has 2 unspecified atom stereocenters. The molecular formula is C10H21HoN-2. The standard InChI is InChI=1S/C8H16N.C2H5.Ho/c1-7-5-3-4-6-8(2)9-7;1-2;/h7-9H,1,3-6H2,2H3;1H2,2H3;/q2*-1;. The second-order valence-corrected chi connectivity index (χ2v) is 3.05. The maximum absolute atomic E-state index is 4.00. The fraction of sp³-hybridized carbons (Fsp3) is 0.800. The average molecular weight is 320 g/mol. The van der Waals surface area contributed by atoms with Crippen LogP contribution in [0.25, 0.3) is 0 Å². The van der Waals surface area contributed by atoms with Crippen molar-refractivity contribution < 1.29 is 37.7 Å². The third kappa shape index (κ3) is 7.85. The molecule has 0 amide bonds. The Kier molecular flexibility index (Phi) is 13.5. The molecule has 2 atom stereocenters. The normalized spacial score (nSPS) is 29.0. The molecule has 1 N–H and O–H groups in total. The average Bonchev–Trinajstić information content (AvgIpc) is 2.18. The van der Waals surface area contributed by atoms with E-state index in [9.17, 15) is 0 Å². The van der Waals surface area contributed by atoms with Crippen LogP contribution in [0.5, 0.6) is 0 Å². The minimum absolute atomic E-state index is 0. The van der Waals surface area contributed by atoms with E-state index >= 15 is 0 Å². The first kappa shape index (κ1) is 15.7. The Morgan fingerprint density at radius 1 is 1.17 bits per heavy atom. The molecule has 0 spiro atoms. The van der Waals surface area contributed by atoms with Crippen LogP contribution in [0.4, 0.5) is 0 Å². The SMILES string of the molecule is [CH2-]C.[CH2-]C1CCCCC(C)N1.[Ho]. The van der Waals surface area contributed by atoms with Crippen LogP contribution in [0, 0.1) is 51.6 Å². The van der Waals surface area contributed by atoms with E-state index in [1.165, 1.54) is 25.7 Å². The second kappa shape index (κ2) is 10.3. The molecule has 79 valence electrons. The molecule has 1 heterocycles. The Bertz CT molecular complexity index is 75.9. The van der Waals surface area contributed by atoms with E-state index < -0.39 is 0 Å².